The zero-order valence-corrected chi connectivity index (χ0v) is 9.36. The Hall–Kier alpha value is -1.81. The average Bonchev–Trinajstić information content (AvgIpc) is 2.67. The molecule has 0 aliphatic heterocycles. The molecule has 2 aromatic rings. The number of rotatable bonds is 2. The van der Waals surface area contributed by atoms with Gasteiger partial charge in [-0.05, 0) is 25.0 Å². The number of aliphatic hydroxyl groups is 1. The van der Waals surface area contributed by atoms with Gasteiger partial charge in [0.15, 0.2) is 0 Å². The number of benzene rings is 1. The molecule has 0 saturated heterocycles. The van der Waals surface area contributed by atoms with Crippen molar-refractivity contribution in [2.75, 3.05) is 5.73 Å². The van der Waals surface area contributed by atoms with Gasteiger partial charge in [-0.3, -0.25) is 5.10 Å². The van der Waals surface area contributed by atoms with E-state index in [0.717, 1.165) is 16.7 Å². The minimum Gasteiger partial charge on any atom is -0.384 e. The predicted octanol–water partition coefficient (Wildman–Crippen LogP) is 1.69. The lowest BCUT2D eigenvalue weighted by Crippen LogP contribution is -2.04. The minimum absolute atomic E-state index is 0.411. The summed E-state index contributed by atoms with van der Waals surface area (Å²) in [5.41, 5.74) is 9.33. The maximum atomic E-state index is 10.2. The number of anilines is 1. The third-order valence-electron chi connectivity index (χ3n) is 2.72. The van der Waals surface area contributed by atoms with Crippen molar-refractivity contribution in [1.29, 1.82) is 0 Å². The molecule has 4 nitrogen and oxygen atoms in total. The number of nitrogens with zero attached hydrogens (tertiary/aromatic N) is 1. The monoisotopic (exact) mass is 217 g/mol. The van der Waals surface area contributed by atoms with Gasteiger partial charge in [0.2, 0.25) is 0 Å². The summed E-state index contributed by atoms with van der Waals surface area (Å²) in [5, 5.41) is 16.7. The molecule has 1 unspecified atom stereocenters. The van der Waals surface area contributed by atoms with Gasteiger partial charge in [-0.1, -0.05) is 23.8 Å². The fourth-order valence-electron chi connectivity index (χ4n) is 1.75. The van der Waals surface area contributed by atoms with E-state index in [1.165, 1.54) is 0 Å². The van der Waals surface area contributed by atoms with E-state index >= 15 is 0 Å². The molecule has 0 bridgehead atoms. The first-order valence-electron chi connectivity index (χ1n) is 5.13. The minimum atomic E-state index is -0.723. The summed E-state index contributed by atoms with van der Waals surface area (Å²) in [5.74, 6) is 0.411. The number of hydrogen-bond donors (Lipinski definition) is 3. The van der Waals surface area contributed by atoms with E-state index in [0.29, 0.717) is 11.4 Å². The van der Waals surface area contributed by atoms with Crippen LogP contribution in [0.4, 0.5) is 5.82 Å². The Kier molecular flexibility index (Phi) is 2.66. The lowest BCUT2D eigenvalue weighted by molar-refractivity contribution is 0.220. The zero-order valence-electron chi connectivity index (χ0n) is 9.36. The SMILES string of the molecule is Cc1ccc(C)c(C(O)c2cn[nH]c2N)c1. The van der Waals surface area contributed by atoms with E-state index in [1.54, 1.807) is 6.20 Å². The highest BCUT2D eigenvalue weighted by molar-refractivity contribution is 5.45. The van der Waals surface area contributed by atoms with E-state index < -0.39 is 6.10 Å². The highest BCUT2D eigenvalue weighted by Gasteiger charge is 2.16. The molecule has 0 amide bonds. The van der Waals surface area contributed by atoms with Gasteiger partial charge in [0, 0.05) is 5.56 Å². The normalized spacial score (nSPS) is 12.7. The van der Waals surface area contributed by atoms with Gasteiger partial charge in [-0.2, -0.15) is 5.10 Å². The van der Waals surface area contributed by atoms with E-state index in [2.05, 4.69) is 10.2 Å². The van der Waals surface area contributed by atoms with E-state index in [9.17, 15) is 5.11 Å². The Bertz CT molecular complexity index is 505. The molecule has 1 aromatic carbocycles. The van der Waals surface area contributed by atoms with Crippen LogP contribution >= 0.6 is 0 Å². The fraction of sp³-hybridized carbons (Fsp3) is 0.250. The zero-order chi connectivity index (χ0) is 11.7. The summed E-state index contributed by atoms with van der Waals surface area (Å²) in [4.78, 5) is 0. The van der Waals surface area contributed by atoms with Crippen LogP contribution in [-0.2, 0) is 0 Å². The van der Waals surface area contributed by atoms with E-state index in [4.69, 9.17) is 5.73 Å². The van der Waals surface area contributed by atoms with Crippen LogP contribution in [0.15, 0.2) is 24.4 Å². The van der Waals surface area contributed by atoms with Gasteiger partial charge < -0.3 is 10.8 Å². The fourth-order valence-corrected chi connectivity index (χ4v) is 1.75. The van der Waals surface area contributed by atoms with Crippen LogP contribution in [0.25, 0.3) is 0 Å². The van der Waals surface area contributed by atoms with Gasteiger partial charge in [0.25, 0.3) is 0 Å². The van der Waals surface area contributed by atoms with Crippen molar-refractivity contribution in [3.8, 4) is 0 Å². The molecule has 1 heterocycles. The van der Waals surface area contributed by atoms with Crippen molar-refractivity contribution in [3.63, 3.8) is 0 Å². The second kappa shape index (κ2) is 3.98. The number of H-pyrrole nitrogens is 1. The molecule has 0 aliphatic carbocycles. The molecule has 1 atom stereocenters. The third kappa shape index (κ3) is 1.79. The van der Waals surface area contributed by atoms with Crippen molar-refractivity contribution < 1.29 is 5.11 Å². The van der Waals surface area contributed by atoms with Crippen molar-refractivity contribution in [2.24, 2.45) is 0 Å². The topological polar surface area (TPSA) is 74.9 Å². The number of nitrogens with two attached hydrogens (primary N) is 1. The van der Waals surface area contributed by atoms with Gasteiger partial charge in [0.1, 0.15) is 11.9 Å². The summed E-state index contributed by atoms with van der Waals surface area (Å²) < 4.78 is 0. The Morgan fingerprint density at radius 3 is 2.69 bits per heavy atom. The second-order valence-electron chi connectivity index (χ2n) is 4.00. The van der Waals surface area contributed by atoms with Crippen molar-refractivity contribution in [2.45, 2.75) is 20.0 Å². The molecule has 4 N–H and O–H groups in total. The molecule has 0 radical (unpaired) electrons. The number of aromatic amines is 1. The van der Waals surface area contributed by atoms with Crippen LogP contribution in [0, 0.1) is 13.8 Å². The quantitative estimate of drug-likeness (QED) is 0.716. The van der Waals surface area contributed by atoms with Gasteiger partial charge in [-0.15, -0.1) is 0 Å². The van der Waals surface area contributed by atoms with Gasteiger partial charge in [-0.25, -0.2) is 0 Å². The summed E-state index contributed by atoms with van der Waals surface area (Å²) in [7, 11) is 0. The highest BCUT2D eigenvalue weighted by atomic mass is 16.3. The molecule has 4 heteroatoms. The molecule has 1 aromatic heterocycles. The molecule has 0 saturated carbocycles. The summed E-state index contributed by atoms with van der Waals surface area (Å²) in [6.45, 7) is 3.96. The summed E-state index contributed by atoms with van der Waals surface area (Å²) in [6, 6.07) is 5.97. The highest BCUT2D eigenvalue weighted by Crippen LogP contribution is 2.27. The largest absolute Gasteiger partial charge is 0.384 e. The average molecular weight is 217 g/mol. The Balaban J connectivity index is 2.45. The van der Waals surface area contributed by atoms with E-state index in [1.807, 2.05) is 32.0 Å². The number of hydrogen-bond acceptors (Lipinski definition) is 3. The first-order valence-corrected chi connectivity index (χ1v) is 5.13. The number of nitrogen functional groups attached to an aromatic ring is 1. The molecular formula is C12H15N3O. The maximum Gasteiger partial charge on any atom is 0.125 e. The molecule has 0 fully saturated rings. The standard InChI is InChI=1S/C12H15N3O/c1-7-3-4-8(2)9(5-7)11(16)10-6-14-15-12(10)13/h3-6,11,16H,1-2H3,(H3,13,14,15). The Labute approximate surface area is 94.1 Å². The number of aliphatic hydroxyl groups excluding tert-OH is 1. The molecular weight excluding hydrogens is 202 g/mol. The maximum absolute atomic E-state index is 10.2. The van der Waals surface area contributed by atoms with Crippen molar-refractivity contribution >= 4 is 5.82 Å². The molecule has 0 spiro atoms. The molecule has 2 rings (SSSR count). The second-order valence-corrected chi connectivity index (χ2v) is 4.00. The van der Waals surface area contributed by atoms with Crippen LogP contribution in [0.3, 0.4) is 0 Å². The van der Waals surface area contributed by atoms with Crippen molar-refractivity contribution in [1.82, 2.24) is 10.2 Å². The number of nitrogens with one attached hydrogen (secondary N) is 1. The van der Waals surface area contributed by atoms with Crippen LogP contribution in [-0.4, -0.2) is 15.3 Å². The van der Waals surface area contributed by atoms with Crippen LogP contribution in [0.1, 0.15) is 28.4 Å². The van der Waals surface area contributed by atoms with Crippen LogP contribution in [0.2, 0.25) is 0 Å². The molecule has 16 heavy (non-hydrogen) atoms. The first kappa shape index (κ1) is 10.7. The lowest BCUT2D eigenvalue weighted by Gasteiger charge is -2.13. The van der Waals surface area contributed by atoms with Crippen molar-refractivity contribution in [3.05, 3.63) is 46.6 Å². The van der Waals surface area contributed by atoms with Crippen LogP contribution in [0.5, 0.6) is 0 Å². The molecule has 84 valence electrons. The smallest absolute Gasteiger partial charge is 0.125 e. The predicted molar refractivity (Wildman–Crippen MR) is 63.0 cm³/mol. The van der Waals surface area contributed by atoms with Gasteiger partial charge in [0.05, 0.1) is 6.20 Å². The summed E-state index contributed by atoms with van der Waals surface area (Å²) in [6.07, 6.45) is 0.834. The number of aryl methyl sites for hydroxylation is 2. The first-order chi connectivity index (χ1) is 7.59. The Morgan fingerprint density at radius 2 is 2.06 bits per heavy atom. The van der Waals surface area contributed by atoms with Crippen LogP contribution < -0.4 is 5.73 Å². The Morgan fingerprint density at radius 1 is 1.31 bits per heavy atom. The van der Waals surface area contributed by atoms with Gasteiger partial charge >= 0.3 is 0 Å². The van der Waals surface area contributed by atoms with E-state index in [-0.39, 0.29) is 0 Å². The number of aromatic nitrogens is 2. The third-order valence-corrected chi connectivity index (χ3v) is 2.72. The molecule has 0 aliphatic rings. The lowest BCUT2D eigenvalue weighted by atomic mass is 9.97. The summed E-state index contributed by atoms with van der Waals surface area (Å²) >= 11 is 0.